The summed E-state index contributed by atoms with van der Waals surface area (Å²) in [7, 11) is 1.85. The Kier molecular flexibility index (Phi) is 10.7. The van der Waals surface area contributed by atoms with E-state index in [4.69, 9.17) is 21.1 Å². The standard InChI is InChI=1S/C26H49FN4O6/c1-8-20-26(6,35)22(33)17(3)30(7)14-18-13-24(4,37-19(18)15-31(29)11-9-10-28)12-16(2)21(32)25(5,27)23(34)36-20/h16-20,22,33,35H,8-15,28-29H2,1-7H3/t16-,17-,18-,19?,20-,22-,24+,25+,26-/m1/s1. The Balaban J connectivity index is 2.46. The van der Waals surface area contributed by atoms with Gasteiger partial charge in [0.2, 0.25) is 0 Å². The molecule has 2 rings (SSSR count). The maximum absolute atomic E-state index is 15.6. The van der Waals surface area contributed by atoms with Crippen LogP contribution in [0.1, 0.15) is 67.2 Å². The number of carbonyl (C=O) groups is 2. The number of aliphatic hydroxyl groups is 2. The minimum absolute atomic E-state index is 0.0115. The lowest BCUT2D eigenvalue weighted by Gasteiger charge is -2.42. The summed E-state index contributed by atoms with van der Waals surface area (Å²) < 4.78 is 27.5. The molecule has 0 aromatic heterocycles. The number of halogens is 1. The Morgan fingerprint density at radius 3 is 2.41 bits per heavy atom. The molecule has 0 aliphatic carbocycles. The number of cyclic esters (lactones) is 1. The number of nitrogens with zero attached hydrogens (tertiary/aromatic N) is 2. The molecule has 9 atom stereocenters. The number of esters is 1. The van der Waals surface area contributed by atoms with Crippen molar-refractivity contribution in [2.24, 2.45) is 23.4 Å². The van der Waals surface area contributed by atoms with Crippen molar-refractivity contribution in [2.75, 3.05) is 33.2 Å². The van der Waals surface area contributed by atoms with E-state index in [0.717, 1.165) is 13.3 Å². The van der Waals surface area contributed by atoms with Gasteiger partial charge in [0.25, 0.3) is 5.67 Å². The zero-order chi connectivity index (χ0) is 28.3. The summed E-state index contributed by atoms with van der Waals surface area (Å²) in [5, 5.41) is 24.1. The van der Waals surface area contributed by atoms with Gasteiger partial charge in [-0.25, -0.2) is 14.2 Å². The molecule has 11 heteroatoms. The monoisotopic (exact) mass is 532 g/mol. The van der Waals surface area contributed by atoms with Gasteiger partial charge in [0.1, 0.15) is 17.8 Å². The first kappa shape index (κ1) is 32.0. The number of hydrazine groups is 1. The van der Waals surface area contributed by atoms with Crippen molar-refractivity contribution in [1.29, 1.82) is 0 Å². The number of carbonyl (C=O) groups excluding carboxylic acids is 2. The van der Waals surface area contributed by atoms with Crippen molar-refractivity contribution >= 4 is 11.8 Å². The topological polar surface area (TPSA) is 152 Å². The number of Topliss-reactive ketones (excluding diaryl/α,β-unsaturated/α-hetero) is 1. The predicted molar refractivity (Wildman–Crippen MR) is 138 cm³/mol. The van der Waals surface area contributed by atoms with E-state index in [-0.39, 0.29) is 24.9 Å². The summed E-state index contributed by atoms with van der Waals surface area (Å²) in [5.41, 5.74) is 0.0660. The van der Waals surface area contributed by atoms with Gasteiger partial charge in [0.15, 0.2) is 5.78 Å². The summed E-state index contributed by atoms with van der Waals surface area (Å²) in [6.07, 6.45) is -1.17. The van der Waals surface area contributed by atoms with Crippen LogP contribution in [0.2, 0.25) is 0 Å². The maximum Gasteiger partial charge on any atom is 0.351 e. The van der Waals surface area contributed by atoms with Crippen molar-refractivity contribution < 1.29 is 33.7 Å². The number of nitrogens with two attached hydrogens (primary N) is 2. The van der Waals surface area contributed by atoms with Crippen LogP contribution in [0.15, 0.2) is 0 Å². The molecule has 2 heterocycles. The van der Waals surface area contributed by atoms with Crippen LogP contribution >= 0.6 is 0 Å². The molecule has 0 saturated carbocycles. The quantitative estimate of drug-likeness (QED) is 0.167. The second kappa shape index (κ2) is 12.3. The molecular weight excluding hydrogens is 483 g/mol. The van der Waals surface area contributed by atoms with E-state index in [1.807, 2.05) is 18.9 Å². The number of aliphatic hydroxyl groups excluding tert-OH is 1. The van der Waals surface area contributed by atoms with Crippen LogP contribution in [0.25, 0.3) is 0 Å². The molecule has 0 spiro atoms. The molecule has 0 amide bonds. The summed E-state index contributed by atoms with van der Waals surface area (Å²) in [6.45, 7) is 11.3. The Morgan fingerprint density at radius 2 is 1.84 bits per heavy atom. The molecule has 2 aliphatic heterocycles. The Bertz CT molecular complexity index is 799. The van der Waals surface area contributed by atoms with Crippen LogP contribution in [0.5, 0.6) is 0 Å². The molecule has 10 nitrogen and oxygen atoms in total. The highest BCUT2D eigenvalue weighted by Crippen LogP contribution is 2.41. The number of fused-ring (bicyclic) bond motifs is 2. The Morgan fingerprint density at radius 1 is 1.22 bits per heavy atom. The third-order valence-corrected chi connectivity index (χ3v) is 8.30. The second-order valence-electron chi connectivity index (χ2n) is 11.8. The van der Waals surface area contributed by atoms with Gasteiger partial charge in [-0.05, 0) is 67.0 Å². The number of ketones is 1. The van der Waals surface area contributed by atoms with Crippen LogP contribution in [-0.2, 0) is 19.1 Å². The zero-order valence-corrected chi connectivity index (χ0v) is 23.6. The number of hydrogen-bond donors (Lipinski definition) is 4. The lowest BCUT2D eigenvalue weighted by atomic mass is 9.81. The largest absolute Gasteiger partial charge is 0.457 e. The zero-order valence-electron chi connectivity index (χ0n) is 23.6. The van der Waals surface area contributed by atoms with Crippen molar-refractivity contribution in [3.05, 3.63) is 0 Å². The van der Waals surface area contributed by atoms with E-state index in [9.17, 15) is 19.8 Å². The maximum atomic E-state index is 15.6. The average molecular weight is 533 g/mol. The molecule has 37 heavy (non-hydrogen) atoms. The van der Waals surface area contributed by atoms with Gasteiger partial charge in [-0.1, -0.05) is 13.8 Å². The average Bonchev–Trinajstić information content (AvgIpc) is 3.12. The van der Waals surface area contributed by atoms with E-state index in [1.54, 1.807) is 25.8 Å². The van der Waals surface area contributed by atoms with Gasteiger partial charge in [0.05, 0.1) is 11.7 Å². The smallest absolute Gasteiger partial charge is 0.351 e. The molecule has 0 aromatic carbocycles. The fourth-order valence-corrected chi connectivity index (χ4v) is 5.93. The first-order valence-electron chi connectivity index (χ1n) is 13.4. The van der Waals surface area contributed by atoms with Gasteiger partial charge in [-0.2, -0.15) is 0 Å². The number of likely N-dealkylation sites (N-methyl/N-ethyl adjacent to an activating group) is 1. The highest BCUT2D eigenvalue weighted by Gasteiger charge is 2.53. The molecule has 2 fully saturated rings. The first-order valence-corrected chi connectivity index (χ1v) is 13.4. The lowest BCUT2D eigenvalue weighted by Crippen LogP contribution is -2.60. The molecule has 2 aliphatic rings. The third-order valence-electron chi connectivity index (χ3n) is 8.30. The van der Waals surface area contributed by atoms with Crippen LogP contribution in [0, 0.1) is 11.8 Å². The molecule has 2 saturated heterocycles. The van der Waals surface area contributed by atoms with Gasteiger partial charge in [-0.3, -0.25) is 10.6 Å². The van der Waals surface area contributed by atoms with E-state index in [2.05, 4.69) is 0 Å². The second-order valence-corrected chi connectivity index (χ2v) is 11.8. The molecule has 6 N–H and O–H groups in total. The normalized spacial score (nSPS) is 42.9. The minimum Gasteiger partial charge on any atom is -0.457 e. The van der Waals surface area contributed by atoms with Crippen LogP contribution in [0.3, 0.4) is 0 Å². The third kappa shape index (κ3) is 7.26. The molecule has 0 aromatic rings. The highest BCUT2D eigenvalue weighted by molar-refractivity contribution is 6.07. The van der Waals surface area contributed by atoms with E-state index in [0.29, 0.717) is 32.6 Å². The fourth-order valence-electron chi connectivity index (χ4n) is 5.93. The van der Waals surface area contributed by atoms with Gasteiger partial charge >= 0.3 is 5.97 Å². The summed E-state index contributed by atoms with van der Waals surface area (Å²) in [6, 6.07) is -0.538. The molecule has 0 radical (unpaired) electrons. The number of rotatable bonds is 6. The number of hydrogen-bond acceptors (Lipinski definition) is 10. The van der Waals surface area contributed by atoms with Crippen LogP contribution < -0.4 is 11.6 Å². The van der Waals surface area contributed by atoms with E-state index < -0.39 is 52.8 Å². The first-order chi connectivity index (χ1) is 17.0. The predicted octanol–water partition coefficient (Wildman–Crippen LogP) is 0.766. The van der Waals surface area contributed by atoms with Gasteiger partial charge < -0.3 is 30.3 Å². The number of alkyl halides is 1. The van der Waals surface area contributed by atoms with Crippen molar-refractivity contribution in [2.45, 2.75) is 108 Å². The van der Waals surface area contributed by atoms with Crippen LogP contribution in [-0.4, -0.2) is 106 Å². The molecule has 216 valence electrons. The van der Waals surface area contributed by atoms with E-state index >= 15 is 4.39 Å². The summed E-state index contributed by atoms with van der Waals surface area (Å²) in [4.78, 5) is 27.9. The Hall–Kier alpha value is -1.21. The van der Waals surface area contributed by atoms with Crippen molar-refractivity contribution in [3.8, 4) is 0 Å². The van der Waals surface area contributed by atoms with Crippen molar-refractivity contribution in [3.63, 3.8) is 0 Å². The van der Waals surface area contributed by atoms with E-state index in [1.165, 1.54) is 6.92 Å². The number of ether oxygens (including phenoxy) is 2. The van der Waals surface area contributed by atoms with Crippen molar-refractivity contribution in [1.82, 2.24) is 9.91 Å². The lowest BCUT2D eigenvalue weighted by molar-refractivity contribution is -0.196. The van der Waals surface area contributed by atoms with Gasteiger partial charge in [-0.15, -0.1) is 0 Å². The molecular formula is C26H49FN4O6. The summed E-state index contributed by atoms with van der Waals surface area (Å²) in [5.74, 6) is 3.11. The Labute approximate surface area is 220 Å². The molecule has 2 bridgehead atoms. The highest BCUT2D eigenvalue weighted by atomic mass is 19.1. The van der Waals surface area contributed by atoms with Gasteiger partial charge in [0, 0.05) is 37.5 Å². The minimum atomic E-state index is -2.92. The SMILES string of the molecule is CC[C@H]1OC(=O)[C@@](C)(F)C(=O)[C@H](C)C[C@@]2(C)C[C@H](CN(C)[C@H](C)[C@@H](O)[C@]1(C)O)C(CN(N)CCCN)O2. The van der Waals surface area contributed by atoms with Crippen LogP contribution in [0.4, 0.5) is 4.39 Å². The summed E-state index contributed by atoms with van der Waals surface area (Å²) >= 11 is 0. The fraction of sp³-hybridized carbons (Fsp3) is 0.923. The molecule has 1 unspecified atom stereocenters.